The van der Waals surface area contributed by atoms with Crippen molar-refractivity contribution in [1.29, 1.82) is 0 Å². The molecule has 2 aromatic heterocycles. The Hall–Kier alpha value is -4.35. The van der Waals surface area contributed by atoms with Gasteiger partial charge in [0.25, 0.3) is 5.91 Å². The van der Waals surface area contributed by atoms with Crippen LogP contribution in [0.3, 0.4) is 0 Å². The molecule has 12 heteroatoms. The predicted octanol–water partition coefficient (Wildman–Crippen LogP) is 3.21. The van der Waals surface area contributed by atoms with Crippen molar-refractivity contribution >= 4 is 39.7 Å². The van der Waals surface area contributed by atoms with Crippen LogP contribution in [0.2, 0.25) is 0 Å². The standard InChI is InChI=1S/C27H27F3N6O3/c1-3-36-20-7-5-4-6-15(20)12-22(36)24-33-19-11-16(8-9-21(19)34(24)2)25(38)35-13-17(23(31)37)10-18(14-35)32-26(39)27(28,29)30/h4-9,11-12,17-18H,3,10,13-14H2,1-2H3,(H2,31,37)(H,32,39). The number of likely N-dealkylation sites (tertiary alicyclic amines) is 1. The van der Waals surface area contributed by atoms with E-state index >= 15 is 0 Å². The van der Waals surface area contributed by atoms with Gasteiger partial charge in [0.15, 0.2) is 5.82 Å². The lowest BCUT2D eigenvalue weighted by Gasteiger charge is -2.37. The van der Waals surface area contributed by atoms with Crippen LogP contribution in [0.5, 0.6) is 0 Å². The molecule has 2 unspecified atom stereocenters. The number of nitrogens with zero attached hydrogens (tertiary/aromatic N) is 4. The Morgan fingerprint density at radius 2 is 1.82 bits per heavy atom. The van der Waals surface area contributed by atoms with Gasteiger partial charge in [-0.25, -0.2) is 4.98 Å². The van der Waals surface area contributed by atoms with Crippen molar-refractivity contribution < 1.29 is 27.6 Å². The molecule has 1 aliphatic rings. The van der Waals surface area contributed by atoms with Gasteiger partial charge in [0.1, 0.15) is 0 Å². The second-order valence-electron chi connectivity index (χ2n) is 9.74. The van der Waals surface area contributed by atoms with Gasteiger partial charge in [0.05, 0.1) is 22.6 Å². The lowest BCUT2D eigenvalue weighted by Crippen LogP contribution is -2.56. The van der Waals surface area contributed by atoms with Gasteiger partial charge >= 0.3 is 12.1 Å². The number of piperidine rings is 1. The summed E-state index contributed by atoms with van der Waals surface area (Å²) in [5.74, 6) is -3.56. The third kappa shape index (κ3) is 4.82. The van der Waals surface area contributed by atoms with Crippen molar-refractivity contribution in [1.82, 2.24) is 24.3 Å². The quantitative estimate of drug-likeness (QED) is 0.405. The van der Waals surface area contributed by atoms with Crippen molar-refractivity contribution in [2.45, 2.75) is 32.1 Å². The Kier molecular flexibility index (Phi) is 6.57. The number of alkyl halides is 3. The van der Waals surface area contributed by atoms with E-state index < -0.39 is 35.9 Å². The summed E-state index contributed by atoms with van der Waals surface area (Å²) in [4.78, 5) is 42.9. The minimum atomic E-state index is -5.08. The van der Waals surface area contributed by atoms with Crippen LogP contribution in [0.1, 0.15) is 23.7 Å². The van der Waals surface area contributed by atoms with Crippen LogP contribution >= 0.6 is 0 Å². The summed E-state index contributed by atoms with van der Waals surface area (Å²) in [7, 11) is 1.89. The van der Waals surface area contributed by atoms with Gasteiger partial charge in [-0.05, 0) is 43.7 Å². The number of nitrogens with one attached hydrogen (secondary N) is 1. The number of carbonyl (C=O) groups excluding carboxylic acids is 3. The Labute approximate surface area is 221 Å². The first-order valence-corrected chi connectivity index (χ1v) is 12.5. The maximum atomic E-state index is 13.4. The number of primary amides is 1. The van der Waals surface area contributed by atoms with Crippen molar-refractivity contribution in [3.63, 3.8) is 0 Å². The number of para-hydroxylation sites is 1. The normalized spacial score (nSPS) is 18.0. The van der Waals surface area contributed by atoms with E-state index in [0.29, 0.717) is 11.3 Å². The number of benzene rings is 2. The van der Waals surface area contributed by atoms with Crippen molar-refractivity contribution in [3.05, 3.63) is 54.1 Å². The second kappa shape index (κ2) is 9.75. The number of halogens is 3. The SMILES string of the molecule is CCn1c(-c2nc3cc(C(=O)N4CC(NC(=O)C(F)(F)F)CC(C(N)=O)C4)ccc3n2C)cc2ccccc21. The first-order chi connectivity index (χ1) is 18.5. The number of rotatable bonds is 5. The number of imidazole rings is 1. The van der Waals surface area contributed by atoms with E-state index in [1.54, 1.807) is 18.2 Å². The minimum absolute atomic E-state index is 0.0608. The highest BCUT2D eigenvalue weighted by Gasteiger charge is 2.42. The number of fused-ring (bicyclic) bond motifs is 2. The van der Waals surface area contributed by atoms with E-state index in [1.165, 1.54) is 4.90 Å². The van der Waals surface area contributed by atoms with Crippen LogP contribution in [0.25, 0.3) is 33.5 Å². The first-order valence-electron chi connectivity index (χ1n) is 12.5. The van der Waals surface area contributed by atoms with E-state index in [1.807, 2.05) is 41.2 Å². The highest BCUT2D eigenvalue weighted by atomic mass is 19.4. The molecule has 3 amide bonds. The smallest absolute Gasteiger partial charge is 0.369 e. The summed E-state index contributed by atoms with van der Waals surface area (Å²) in [6.07, 6.45) is -5.17. The van der Waals surface area contributed by atoms with Crippen LogP contribution in [0.15, 0.2) is 48.5 Å². The number of hydrogen-bond donors (Lipinski definition) is 2. The van der Waals surface area contributed by atoms with E-state index in [2.05, 4.69) is 17.6 Å². The van der Waals surface area contributed by atoms with E-state index in [-0.39, 0.29) is 25.1 Å². The first kappa shape index (κ1) is 26.3. The number of carbonyl (C=O) groups is 3. The molecule has 0 aliphatic carbocycles. The van der Waals surface area contributed by atoms with Crippen LogP contribution in [-0.4, -0.2) is 62.0 Å². The fourth-order valence-electron chi connectivity index (χ4n) is 5.32. The average molecular weight is 541 g/mol. The van der Waals surface area contributed by atoms with Gasteiger partial charge in [-0.1, -0.05) is 18.2 Å². The molecular weight excluding hydrogens is 513 g/mol. The van der Waals surface area contributed by atoms with Crippen LogP contribution in [0.4, 0.5) is 13.2 Å². The molecule has 4 aromatic rings. The number of amides is 3. The van der Waals surface area contributed by atoms with Gasteiger partial charge in [-0.15, -0.1) is 0 Å². The molecule has 2 aromatic carbocycles. The largest absolute Gasteiger partial charge is 0.471 e. The Morgan fingerprint density at radius 1 is 1.08 bits per heavy atom. The van der Waals surface area contributed by atoms with Crippen LogP contribution in [-0.2, 0) is 23.2 Å². The second-order valence-corrected chi connectivity index (χ2v) is 9.74. The zero-order chi connectivity index (χ0) is 28.1. The molecule has 0 bridgehead atoms. The van der Waals surface area contributed by atoms with Crippen molar-refractivity contribution in [2.75, 3.05) is 13.1 Å². The summed E-state index contributed by atoms with van der Waals surface area (Å²) in [5, 5.41) is 2.96. The molecule has 0 spiro atoms. The van der Waals surface area contributed by atoms with Gasteiger partial charge in [-0.2, -0.15) is 13.2 Å². The zero-order valence-electron chi connectivity index (χ0n) is 21.3. The van der Waals surface area contributed by atoms with Gasteiger partial charge in [-0.3, -0.25) is 14.4 Å². The highest BCUT2D eigenvalue weighted by molar-refractivity contribution is 5.98. The van der Waals surface area contributed by atoms with Gasteiger partial charge < -0.3 is 25.1 Å². The monoisotopic (exact) mass is 540 g/mol. The van der Waals surface area contributed by atoms with Crippen LogP contribution < -0.4 is 11.1 Å². The Balaban J connectivity index is 1.46. The molecule has 5 rings (SSSR count). The molecule has 1 aliphatic heterocycles. The molecule has 1 fully saturated rings. The van der Waals surface area contributed by atoms with Crippen molar-refractivity contribution in [3.8, 4) is 11.5 Å². The van der Waals surface area contributed by atoms with Crippen LogP contribution in [0, 0.1) is 5.92 Å². The maximum Gasteiger partial charge on any atom is 0.471 e. The Bertz CT molecular complexity index is 1610. The molecule has 0 radical (unpaired) electrons. The molecule has 3 heterocycles. The molecule has 204 valence electrons. The molecule has 9 nitrogen and oxygen atoms in total. The number of nitrogens with two attached hydrogens (primary N) is 1. The van der Waals surface area contributed by atoms with E-state index in [9.17, 15) is 27.6 Å². The topological polar surface area (TPSA) is 115 Å². The minimum Gasteiger partial charge on any atom is -0.369 e. The Morgan fingerprint density at radius 3 is 2.51 bits per heavy atom. The molecular formula is C27H27F3N6O3. The zero-order valence-corrected chi connectivity index (χ0v) is 21.3. The maximum absolute atomic E-state index is 13.4. The third-order valence-corrected chi connectivity index (χ3v) is 7.22. The molecule has 0 saturated carbocycles. The highest BCUT2D eigenvalue weighted by Crippen LogP contribution is 2.30. The fraction of sp³-hybridized carbons (Fsp3) is 0.333. The molecule has 2 atom stereocenters. The molecule has 1 saturated heterocycles. The lowest BCUT2D eigenvalue weighted by atomic mass is 9.93. The number of aryl methyl sites for hydroxylation is 2. The molecule has 3 N–H and O–H groups in total. The van der Waals surface area contributed by atoms with Gasteiger partial charge in [0, 0.05) is 49.2 Å². The van der Waals surface area contributed by atoms with Crippen molar-refractivity contribution in [2.24, 2.45) is 18.7 Å². The third-order valence-electron chi connectivity index (χ3n) is 7.22. The number of aromatic nitrogens is 3. The summed E-state index contributed by atoms with van der Waals surface area (Å²) < 4.78 is 42.5. The number of hydrogen-bond acceptors (Lipinski definition) is 4. The average Bonchev–Trinajstić information content (AvgIpc) is 3.44. The summed E-state index contributed by atoms with van der Waals surface area (Å²) in [6.45, 7) is 2.54. The predicted molar refractivity (Wildman–Crippen MR) is 139 cm³/mol. The van der Waals surface area contributed by atoms with E-state index in [4.69, 9.17) is 10.7 Å². The summed E-state index contributed by atoms with van der Waals surface area (Å²) >= 11 is 0. The molecule has 39 heavy (non-hydrogen) atoms. The lowest BCUT2D eigenvalue weighted by molar-refractivity contribution is -0.174. The van der Waals surface area contributed by atoms with Gasteiger partial charge in [0.2, 0.25) is 5.91 Å². The van der Waals surface area contributed by atoms with E-state index in [0.717, 1.165) is 28.7 Å². The fourth-order valence-corrected chi connectivity index (χ4v) is 5.32. The summed E-state index contributed by atoms with van der Waals surface area (Å²) in [6, 6.07) is 14.0. The summed E-state index contributed by atoms with van der Waals surface area (Å²) in [5.41, 5.74) is 9.04.